The first kappa shape index (κ1) is 12.2. The molecular formula is C13H14N2O3. The van der Waals surface area contributed by atoms with E-state index in [1.807, 2.05) is 30.3 Å². The van der Waals surface area contributed by atoms with Crippen LogP contribution in [0.5, 0.6) is 5.75 Å². The van der Waals surface area contributed by atoms with Crippen LogP contribution in [0.1, 0.15) is 11.3 Å². The molecular weight excluding hydrogens is 232 g/mol. The summed E-state index contributed by atoms with van der Waals surface area (Å²) in [7, 11) is 0. The quantitative estimate of drug-likeness (QED) is 0.751. The van der Waals surface area contributed by atoms with E-state index in [1.165, 1.54) is 6.07 Å². The summed E-state index contributed by atoms with van der Waals surface area (Å²) >= 11 is 0. The van der Waals surface area contributed by atoms with Gasteiger partial charge in [0.2, 0.25) is 11.2 Å². The number of anilines is 1. The van der Waals surface area contributed by atoms with Gasteiger partial charge in [-0.1, -0.05) is 30.3 Å². The molecule has 0 atom stereocenters. The number of aliphatic hydroxyl groups excluding tert-OH is 1. The van der Waals surface area contributed by atoms with E-state index in [9.17, 15) is 4.79 Å². The Morgan fingerprint density at radius 1 is 1.28 bits per heavy atom. The lowest BCUT2D eigenvalue weighted by atomic mass is 10.2. The Kier molecular flexibility index (Phi) is 3.64. The molecule has 94 valence electrons. The lowest BCUT2D eigenvalue weighted by Gasteiger charge is -2.09. The third-order valence-electron chi connectivity index (χ3n) is 2.47. The molecule has 0 aliphatic carbocycles. The second-order valence-electron chi connectivity index (χ2n) is 3.83. The number of nitrogens with two attached hydrogens (primary N) is 1. The summed E-state index contributed by atoms with van der Waals surface area (Å²) in [6.07, 6.45) is 0. The second-order valence-corrected chi connectivity index (χ2v) is 3.83. The van der Waals surface area contributed by atoms with Crippen molar-refractivity contribution < 1.29 is 9.84 Å². The largest absolute Gasteiger partial charge is 0.481 e. The van der Waals surface area contributed by atoms with Crippen molar-refractivity contribution in [1.29, 1.82) is 0 Å². The molecule has 0 saturated heterocycles. The molecule has 0 unspecified atom stereocenters. The van der Waals surface area contributed by atoms with Crippen LogP contribution in [0.15, 0.2) is 41.2 Å². The van der Waals surface area contributed by atoms with Crippen molar-refractivity contribution in [2.75, 3.05) is 5.73 Å². The van der Waals surface area contributed by atoms with Crippen LogP contribution in [0.2, 0.25) is 0 Å². The molecule has 0 saturated carbocycles. The van der Waals surface area contributed by atoms with Gasteiger partial charge in [-0.05, 0) is 5.56 Å². The maximum atomic E-state index is 11.7. The Balaban J connectivity index is 2.17. The smallest absolute Gasteiger partial charge is 0.226 e. The normalized spacial score (nSPS) is 10.3. The zero-order chi connectivity index (χ0) is 13.0. The molecule has 1 aromatic carbocycles. The third-order valence-corrected chi connectivity index (χ3v) is 2.47. The van der Waals surface area contributed by atoms with E-state index in [0.29, 0.717) is 5.69 Å². The van der Waals surface area contributed by atoms with Crippen LogP contribution in [0.3, 0.4) is 0 Å². The van der Waals surface area contributed by atoms with E-state index in [-0.39, 0.29) is 30.2 Å². The number of nitrogen functional groups attached to an aromatic ring is 1. The van der Waals surface area contributed by atoms with Crippen LogP contribution in [0.25, 0.3) is 0 Å². The Morgan fingerprint density at radius 3 is 2.61 bits per heavy atom. The maximum absolute atomic E-state index is 11.7. The number of H-pyrrole nitrogens is 1. The molecule has 0 fully saturated rings. The molecule has 0 spiro atoms. The first-order chi connectivity index (χ1) is 8.70. The van der Waals surface area contributed by atoms with Crippen LogP contribution < -0.4 is 15.9 Å². The molecule has 0 amide bonds. The Morgan fingerprint density at radius 2 is 2.00 bits per heavy atom. The van der Waals surface area contributed by atoms with Gasteiger partial charge in [0.25, 0.3) is 0 Å². The molecule has 5 nitrogen and oxygen atoms in total. The van der Waals surface area contributed by atoms with Gasteiger partial charge in [-0.2, -0.15) is 0 Å². The molecule has 4 N–H and O–H groups in total. The second kappa shape index (κ2) is 5.37. The standard InChI is InChI=1S/C13H14N2O3/c14-13-12(11(17)6-10(7-16)15-13)18-8-9-4-2-1-3-5-9/h1-6,16H,7-8H2,(H3,14,15,17). The molecule has 0 aliphatic heterocycles. The monoisotopic (exact) mass is 246 g/mol. The Hall–Kier alpha value is -2.27. The van der Waals surface area contributed by atoms with Gasteiger partial charge in [0.15, 0.2) is 0 Å². The van der Waals surface area contributed by atoms with Crippen molar-refractivity contribution >= 4 is 5.82 Å². The SMILES string of the molecule is Nc1[nH]c(CO)cc(=O)c1OCc1ccccc1. The van der Waals surface area contributed by atoms with E-state index in [4.69, 9.17) is 15.6 Å². The van der Waals surface area contributed by atoms with Crippen molar-refractivity contribution in [2.45, 2.75) is 13.2 Å². The summed E-state index contributed by atoms with van der Waals surface area (Å²) in [6.45, 7) is 0.00496. The Labute approximate surface area is 104 Å². The maximum Gasteiger partial charge on any atom is 0.226 e. The fraction of sp³-hybridized carbons (Fsp3) is 0.154. The molecule has 1 aromatic heterocycles. The molecule has 0 bridgehead atoms. The predicted molar refractivity (Wildman–Crippen MR) is 68.2 cm³/mol. The van der Waals surface area contributed by atoms with Crippen LogP contribution in [0.4, 0.5) is 5.82 Å². The number of aromatic amines is 1. The summed E-state index contributed by atoms with van der Waals surface area (Å²) in [5, 5.41) is 8.92. The number of benzene rings is 1. The van der Waals surface area contributed by atoms with Crippen molar-refractivity contribution in [3.8, 4) is 5.75 Å². The number of nitrogens with one attached hydrogen (secondary N) is 1. The van der Waals surface area contributed by atoms with Gasteiger partial charge in [0, 0.05) is 11.8 Å². The molecule has 0 radical (unpaired) electrons. The molecule has 2 aromatic rings. The minimum Gasteiger partial charge on any atom is -0.481 e. The first-order valence-electron chi connectivity index (χ1n) is 5.50. The highest BCUT2D eigenvalue weighted by atomic mass is 16.5. The van der Waals surface area contributed by atoms with Crippen molar-refractivity contribution in [2.24, 2.45) is 0 Å². The van der Waals surface area contributed by atoms with E-state index in [2.05, 4.69) is 4.98 Å². The summed E-state index contributed by atoms with van der Waals surface area (Å²) in [5.74, 6) is 0.207. The fourth-order valence-corrected chi connectivity index (χ4v) is 1.59. The topological polar surface area (TPSA) is 88.3 Å². The predicted octanol–water partition coefficient (Wildman–Crippen LogP) is 1.03. The van der Waals surface area contributed by atoms with Gasteiger partial charge in [0.05, 0.1) is 6.61 Å². The van der Waals surface area contributed by atoms with Crippen molar-refractivity contribution in [3.05, 3.63) is 57.9 Å². The highest BCUT2D eigenvalue weighted by Gasteiger charge is 2.08. The average Bonchev–Trinajstić information content (AvgIpc) is 2.38. The zero-order valence-electron chi connectivity index (χ0n) is 9.72. The number of pyridine rings is 1. The van der Waals surface area contributed by atoms with Crippen LogP contribution in [-0.2, 0) is 13.2 Å². The minimum absolute atomic E-state index is 0.0797. The third kappa shape index (κ3) is 2.70. The molecule has 18 heavy (non-hydrogen) atoms. The molecule has 1 heterocycles. The molecule has 2 rings (SSSR count). The number of aromatic nitrogens is 1. The summed E-state index contributed by atoms with van der Waals surface area (Å²) in [5.41, 5.74) is 6.64. The minimum atomic E-state index is -0.341. The lowest BCUT2D eigenvalue weighted by Crippen LogP contribution is -2.13. The van der Waals surface area contributed by atoms with Gasteiger partial charge >= 0.3 is 0 Å². The van der Waals surface area contributed by atoms with Gasteiger partial charge in [-0.15, -0.1) is 0 Å². The van der Waals surface area contributed by atoms with E-state index < -0.39 is 0 Å². The number of hydrogen-bond donors (Lipinski definition) is 3. The molecule has 5 heteroatoms. The van der Waals surface area contributed by atoms with Crippen LogP contribution in [-0.4, -0.2) is 10.1 Å². The number of ether oxygens (including phenoxy) is 1. The first-order valence-corrected chi connectivity index (χ1v) is 5.50. The van der Waals surface area contributed by atoms with E-state index in [0.717, 1.165) is 5.56 Å². The van der Waals surface area contributed by atoms with Crippen LogP contribution in [0, 0.1) is 0 Å². The highest BCUT2D eigenvalue weighted by molar-refractivity contribution is 5.46. The van der Waals surface area contributed by atoms with Gasteiger partial charge in [-0.3, -0.25) is 4.79 Å². The lowest BCUT2D eigenvalue weighted by molar-refractivity contribution is 0.275. The summed E-state index contributed by atoms with van der Waals surface area (Å²) in [6, 6.07) is 10.7. The molecule has 0 aliphatic rings. The van der Waals surface area contributed by atoms with Crippen molar-refractivity contribution in [3.63, 3.8) is 0 Å². The van der Waals surface area contributed by atoms with Crippen LogP contribution >= 0.6 is 0 Å². The highest BCUT2D eigenvalue weighted by Crippen LogP contribution is 2.15. The number of hydrogen-bond acceptors (Lipinski definition) is 4. The van der Waals surface area contributed by atoms with Gasteiger partial charge < -0.3 is 20.6 Å². The van der Waals surface area contributed by atoms with E-state index >= 15 is 0 Å². The Bertz CT molecular complexity index is 579. The van der Waals surface area contributed by atoms with E-state index in [1.54, 1.807) is 0 Å². The number of aliphatic hydroxyl groups is 1. The van der Waals surface area contributed by atoms with Crippen molar-refractivity contribution in [1.82, 2.24) is 4.98 Å². The van der Waals surface area contributed by atoms with Gasteiger partial charge in [-0.25, -0.2) is 0 Å². The zero-order valence-corrected chi connectivity index (χ0v) is 9.72. The summed E-state index contributed by atoms with van der Waals surface area (Å²) < 4.78 is 5.40. The number of rotatable bonds is 4. The fourth-order valence-electron chi connectivity index (χ4n) is 1.59. The summed E-state index contributed by atoms with van der Waals surface area (Å²) in [4.78, 5) is 14.4. The average molecular weight is 246 g/mol. The van der Waals surface area contributed by atoms with Gasteiger partial charge in [0.1, 0.15) is 12.4 Å².